The Hall–Kier alpha value is -2.83. The van der Waals surface area contributed by atoms with Gasteiger partial charge in [0.1, 0.15) is 11.5 Å². The molecule has 0 radical (unpaired) electrons. The minimum Gasteiger partial charge on any atom is -0.344 e. The molecule has 0 N–H and O–H groups in total. The number of aryl methyl sites for hydroxylation is 1. The molecule has 5 rings (SSSR count). The number of piperidine rings is 1. The van der Waals surface area contributed by atoms with Crippen molar-refractivity contribution in [1.29, 1.82) is 0 Å². The molecule has 1 fully saturated rings. The fourth-order valence-electron chi connectivity index (χ4n) is 3.72. The highest BCUT2D eigenvalue weighted by atomic mass is 15.4. The summed E-state index contributed by atoms with van der Waals surface area (Å²) >= 11 is 0. The summed E-state index contributed by atoms with van der Waals surface area (Å²) in [7, 11) is 0. The van der Waals surface area contributed by atoms with Crippen LogP contribution in [0.25, 0.3) is 17.1 Å². The highest BCUT2D eigenvalue weighted by Gasteiger charge is 2.37. The molecule has 0 spiro atoms. The SMILES string of the molecule is Cc1nnc2n1-c1cnc(-c3ccncc3)nc1N1CCCC[C@H]21. The van der Waals surface area contributed by atoms with Crippen molar-refractivity contribution in [2.24, 2.45) is 0 Å². The molecule has 0 saturated carbocycles. The second-order valence-electron chi connectivity index (χ2n) is 6.28. The topological polar surface area (TPSA) is 72.6 Å². The van der Waals surface area contributed by atoms with E-state index < -0.39 is 0 Å². The highest BCUT2D eigenvalue weighted by Crippen LogP contribution is 2.42. The van der Waals surface area contributed by atoms with Crippen LogP contribution in [0.4, 0.5) is 5.82 Å². The van der Waals surface area contributed by atoms with Crippen molar-refractivity contribution in [3.8, 4) is 17.1 Å². The van der Waals surface area contributed by atoms with Gasteiger partial charge in [-0.25, -0.2) is 9.97 Å². The van der Waals surface area contributed by atoms with Crippen LogP contribution in [0.15, 0.2) is 30.7 Å². The zero-order valence-electron chi connectivity index (χ0n) is 13.4. The number of anilines is 1. The van der Waals surface area contributed by atoms with Crippen molar-refractivity contribution in [3.63, 3.8) is 0 Å². The number of rotatable bonds is 1. The average Bonchev–Trinajstić information content (AvgIpc) is 3.04. The molecular weight excluding hydrogens is 302 g/mol. The molecule has 1 saturated heterocycles. The number of hydrogen-bond donors (Lipinski definition) is 0. The van der Waals surface area contributed by atoms with Crippen LogP contribution in [0, 0.1) is 6.92 Å². The monoisotopic (exact) mass is 319 g/mol. The van der Waals surface area contributed by atoms with Gasteiger partial charge in [-0.05, 0) is 38.3 Å². The maximum absolute atomic E-state index is 4.90. The molecule has 0 bridgehead atoms. The molecule has 2 aliphatic rings. The van der Waals surface area contributed by atoms with Gasteiger partial charge in [0.15, 0.2) is 17.5 Å². The molecule has 0 amide bonds. The number of hydrogen-bond acceptors (Lipinski definition) is 6. The highest BCUT2D eigenvalue weighted by molar-refractivity contribution is 5.66. The van der Waals surface area contributed by atoms with E-state index in [4.69, 9.17) is 4.98 Å². The van der Waals surface area contributed by atoms with E-state index in [9.17, 15) is 0 Å². The maximum Gasteiger partial charge on any atom is 0.161 e. The lowest BCUT2D eigenvalue weighted by atomic mass is 9.99. The quantitative estimate of drug-likeness (QED) is 0.686. The van der Waals surface area contributed by atoms with Crippen molar-refractivity contribution in [3.05, 3.63) is 42.4 Å². The number of nitrogens with zero attached hydrogens (tertiary/aromatic N) is 7. The number of pyridine rings is 1. The van der Waals surface area contributed by atoms with Crippen LogP contribution in [-0.2, 0) is 0 Å². The van der Waals surface area contributed by atoms with Crippen LogP contribution in [0.1, 0.15) is 37.0 Å². The van der Waals surface area contributed by atoms with Crippen LogP contribution in [0.2, 0.25) is 0 Å². The molecule has 1 atom stereocenters. The summed E-state index contributed by atoms with van der Waals surface area (Å²) in [4.78, 5) is 15.9. The van der Waals surface area contributed by atoms with Gasteiger partial charge in [-0.3, -0.25) is 9.55 Å². The largest absolute Gasteiger partial charge is 0.344 e. The van der Waals surface area contributed by atoms with E-state index in [1.807, 2.05) is 25.3 Å². The summed E-state index contributed by atoms with van der Waals surface area (Å²) < 4.78 is 2.11. The van der Waals surface area contributed by atoms with Gasteiger partial charge in [-0.1, -0.05) is 0 Å². The van der Waals surface area contributed by atoms with Gasteiger partial charge >= 0.3 is 0 Å². The number of fused-ring (bicyclic) bond motifs is 6. The fraction of sp³-hybridized carbons (Fsp3) is 0.353. The van der Waals surface area contributed by atoms with Gasteiger partial charge in [0.2, 0.25) is 0 Å². The molecule has 24 heavy (non-hydrogen) atoms. The van der Waals surface area contributed by atoms with Crippen molar-refractivity contribution in [2.45, 2.75) is 32.2 Å². The Morgan fingerprint density at radius 2 is 2.00 bits per heavy atom. The third kappa shape index (κ3) is 1.87. The van der Waals surface area contributed by atoms with Gasteiger partial charge < -0.3 is 4.90 Å². The van der Waals surface area contributed by atoms with Crippen LogP contribution < -0.4 is 4.90 Å². The first-order valence-electron chi connectivity index (χ1n) is 8.29. The Labute approximate surface area is 139 Å². The predicted octanol–water partition coefficient (Wildman–Crippen LogP) is 2.47. The molecular formula is C17H17N7. The molecule has 3 aromatic heterocycles. The first kappa shape index (κ1) is 13.6. The molecule has 7 nitrogen and oxygen atoms in total. The van der Waals surface area contributed by atoms with E-state index in [2.05, 4.69) is 29.6 Å². The lowest BCUT2D eigenvalue weighted by molar-refractivity contribution is 0.437. The average molecular weight is 319 g/mol. The Morgan fingerprint density at radius 3 is 2.88 bits per heavy atom. The van der Waals surface area contributed by atoms with Crippen LogP contribution in [0.5, 0.6) is 0 Å². The van der Waals surface area contributed by atoms with Gasteiger partial charge in [0, 0.05) is 24.5 Å². The molecule has 5 heterocycles. The van der Waals surface area contributed by atoms with Gasteiger partial charge in [-0.15, -0.1) is 10.2 Å². The lowest BCUT2D eigenvalue weighted by Crippen LogP contribution is -2.39. The Balaban J connectivity index is 1.72. The van der Waals surface area contributed by atoms with E-state index in [1.165, 1.54) is 12.8 Å². The third-order valence-corrected chi connectivity index (χ3v) is 4.85. The normalized spacial score (nSPS) is 18.7. The smallest absolute Gasteiger partial charge is 0.161 e. The summed E-state index contributed by atoms with van der Waals surface area (Å²) in [6.45, 7) is 2.98. The second-order valence-corrected chi connectivity index (χ2v) is 6.28. The zero-order chi connectivity index (χ0) is 16.1. The first-order chi connectivity index (χ1) is 11.8. The molecule has 3 aromatic rings. The van der Waals surface area contributed by atoms with E-state index >= 15 is 0 Å². The fourth-order valence-corrected chi connectivity index (χ4v) is 3.72. The first-order valence-corrected chi connectivity index (χ1v) is 8.29. The molecule has 2 aliphatic heterocycles. The van der Waals surface area contributed by atoms with Crippen molar-refractivity contribution in [2.75, 3.05) is 11.4 Å². The maximum atomic E-state index is 4.90. The molecule has 7 heteroatoms. The summed E-state index contributed by atoms with van der Waals surface area (Å²) in [5.41, 5.74) is 1.95. The number of aromatic nitrogens is 6. The van der Waals surface area contributed by atoms with Crippen LogP contribution in [-0.4, -0.2) is 36.3 Å². The Morgan fingerprint density at radius 1 is 1.12 bits per heavy atom. The van der Waals surface area contributed by atoms with Gasteiger partial charge in [0.25, 0.3) is 0 Å². The van der Waals surface area contributed by atoms with Crippen LogP contribution in [0.3, 0.4) is 0 Å². The molecule has 0 aromatic carbocycles. The predicted molar refractivity (Wildman–Crippen MR) is 88.9 cm³/mol. The van der Waals surface area contributed by atoms with E-state index in [0.29, 0.717) is 0 Å². The standard InChI is InChI=1S/C17H17N7/c1-11-21-22-17-13-4-2-3-9-23(13)16-14(24(11)17)10-19-15(20-16)12-5-7-18-8-6-12/h5-8,10,13H,2-4,9H2,1H3/t13-/m1/s1. The van der Waals surface area contributed by atoms with E-state index in [-0.39, 0.29) is 6.04 Å². The zero-order valence-corrected chi connectivity index (χ0v) is 13.4. The minimum atomic E-state index is 0.257. The van der Waals surface area contributed by atoms with Crippen LogP contribution >= 0.6 is 0 Å². The van der Waals surface area contributed by atoms with Crippen molar-refractivity contribution in [1.82, 2.24) is 29.7 Å². The molecule has 0 aliphatic carbocycles. The van der Waals surface area contributed by atoms with Crippen molar-refractivity contribution >= 4 is 5.82 Å². The van der Waals surface area contributed by atoms with Gasteiger partial charge in [0.05, 0.1) is 12.2 Å². The second kappa shape index (κ2) is 5.09. The van der Waals surface area contributed by atoms with E-state index in [0.717, 1.165) is 47.5 Å². The minimum absolute atomic E-state index is 0.257. The van der Waals surface area contributed by atoms with Crippen molar-refractivity contribution < 1.29 is 0 Å². The van der Waals surface area contributed by atoms with E-state index in [1.54, 1.807) is 12.4 Å². The third-order valence-electron chi connectivity index (χ3n) is 4.85. The lowest BCUT2D eigenvalue weighted by Gasteiger charge is -2.40. The summed E-state index contributed by atoms with van der Waals surface area (Å²) in [5, 5.41) is 8.72. The molecule has 0 unspecified atom stereocenters. The summed E-state index contributed by atoms with van der Waals surface area (Å²) in [5.74, 6) is 3.61. The molecule has 120 valence electrons. The Kier molecular flexibility index (Phi) is 2.88. The Bertz CT molecular complexity index is 903. The summed E-state index contributed by atoms with van der Waals surface area (Å²) in [6.07, 6.45) is 8.91. The summed E-state index contributed by atoms with van der Waals surface area (Å²) in [6, 6.07) is 4.13. The van der Waals surface area contributed by atoms with Gasteiger partial charge in [-0.2, -0.15) is 0 Å².